The summed E-state index contributed by atoms with van der Waals surface area (Å²) in [5.74, 6) is 4.60. The molecule has 0 unspecified atom stereocenters. The van der Waals surface area contributed by atoms with Crippen molar-refractivity contribution in [1.82, 2.24) is 0 Å². The molecule has 0 aromatic carbocycles. The van der Waals surface area contributed by atoms with E-state index in [9.17, 15) is 4.79 Å². The number of Topliss-reactive ketones (excluding diaryl/α,β-unsaturated/α-hetero) is 1. The van der Waals surface area contributed by atoms with E-state index < -0.39 is 0 Å². The zero-order chi connectivity index (χ0) is 19.6. The Bertz CT molecular complexity index is 510. The highest BCUT2D eigenvalue weighted by Crippen LogP contribution is 2.64. The van der Waals surface area contributed by atoms with Crippen LogP contribution < -0.4 is 0 Å². The molecule has 28 heavy (non-hydrogen) atoms. The van der Waals surface area contributed by atoms with Crippen LogP contribution in [0.1, 0.15) is 129 Å². The van der Waals surface area contributed by atoms with Gasteiger partial charge in [-0.15, -0.1) is 0 Å². The van der Waals surface area contributed by atoms with Gasteiger partial charge in [0.15, 0.2) is 0 Å². The fraction of sp³-hybridized carbons (Fsp3) is 0.963. The predicted molar refractivity (Wildman–Crippen MR) is 118 cm³/mol. The molecular weight excluding hydrogens is 340 g/mol. The van der Waals surface area contributed by atoms with E-state index in [-0.39, 0.29) is 10.8 Å². The lowest BCUT2D eigenvalue weighted by Crippen LogP contribution is -2.59. The van der Waals surface area contributed by atoms with E-state index in [1.165, 1.54) is 116 Å². The van der Waals surface area contributed by atoms with Crippen LogP contribution in [0.3, 0.4) is 0 Å². The SMILES string of the molecule is CCCCCC1CCC(C2CCC3(CC2)CC2(CCC(CC)CC2)C3=O)CC1. The van der Waals surface area contributed by atoms with E-state index in [1.54, 1.807) is 0 Å². The predicted octanol–water partition coefficient (Wildman–Crippen LogP) is 8.11. The van der Waals surface area contributed by atoms with Crippen LogP contribution in [0.25, 0.3) is 0 Å². The first-order chi connectivity index (χ1) is 13.6. The molecule has 1 heteroatoms. The number of rotatable bonds is 6. The summed E-state index contributed by atoms with van der Waals surface area (Å²) in [4.78, 5) is 13.4. The topological polar surface area (TPSA) is 17.1 Å². The lowest BCUT2D eigenvalue weighted by Gasteiger charge is -2.59. The van der Waals surface area contributed by atoms with Gasteiger partial charge in [-0.05, 0) is 94.3 Å². The van der Waals surface area contributed by atoms with Crippen molar-refractivity contribution in [2.24, 2.45) is 34.5 Å². The quantitative estimate of drug-likeness (QED) is 0.421. The van der Waals surface area contributed by atoms with E-state index >= 15 is 0 Å². The van der Waals surface area contributed by atoms with Crippen molar-refractivity contribution >= 4 is 5.78 Å². The molecule has 0 aromatic heterocycles. The van der Waals surface area contributed by atoms with E-state index in [2.05, 4.69) is 13.8 Å². The van der Waals surface area contributed by atoms with Crippen LogP contribution >= 0.6 is 0 Å². The van der Waals surface area contributed by atoms with E-state index in [0.29, 0.717) is 0 Å². The summed E-state index contributed by atoms with van der Waals surface area (Å²) >= 11 is 0. The highest BCUT2D eigenvalue weighted by Gasteiger charge is 2.63. The second kappa shape index (κ2) is 8.81. The first kappa shape index (κ1) is 20.9. The maximum Gasteiger partial charge on any atom is 0.145 e. The number of carbonyl (C=O) groups excluding carboxylic acids is 1. The first-order valence-corrected chi connectivity index (χ1v) is 13.2. The van der Waals surface area contributed by atoms with Gasteiger partial charge in [0.2, 0.25) is 0 Å². The minimum atomic E-state index is 0.146. The number of ketones is 1. The van der Waals surface area contributed by atoms with Crippen molar-refractivity contribution in [3.63, 3.8) is 0 Å². The van der Waals surface area contributed by atoms with Crippen LogP contribution in [-0.2, 0) is 4.79 Å². The van der Waals surface area contributed by atoms with Gasteiger partial charge >= 0.3 is 0 Å². The van der Waals surface area contributed by atoms with Crippen LogP contribution in [0, 0.1) is 34.5 Å². The maximum atomic E-state index is 13.4. The molecule has 0 amide bonds. The number of unbranched alkanes of at least 4 members (excludes halogenated alkanes) is 2. The molecule has 1 nitrogen and oxygen atoms in total. The molecule has 4 rings (SSSR count). The largest absolute Gasteiger partial charge is 0.298 e. The monoisotopic (exact) mass is 386 g/mol. The summed E-state index contributed by atoms with van der Waals surface area (Å²) in [6, 6.07) is 0. The summed E-state index contributed by atoms with van der Waals surface area (Å²) in [5.41, 5.74) is 0.294. The zero-order valence-corrected chi connectivity index (χ0v) is 18.9. The van der Waals surface area contributed by atoms with Gasteiger partial charge in [0.25, 0.3) is 0 Å². The van der Waals surface area contributed by atoms with Gasteiger partial charge < -0.3 is 0 Å². The summed E-state index contributed by atoms with van der Waals surface area (Å²) in [7, 11) is 0. The Morgan fingerprint density at radius 2 is 1.29 bits per heavy atom. The fourth-order valence-corrected chi connectivity index (χ4v) is 8.01. The molecule has 4 aliphatic rings. The summed E-state index contributed by atoms with van der Waals surface area (Å²) in [5, 5.41) is 0. The maximum absolute atomic E-state index is 13.4. The summed E-state index contributed by atoms with van der Waals surface area (Å²) < 4.78 is 0. The van der Waals surface area contributed by atoms with Gasteiger partial charge in [-0.3, -0.25) is 4.79 Å². The molecule has 4 saturated carbocycles. The average Bonchev–Trinajstić information content (AvgIpc) is 2.75. The van der Waals surface area contributed by atoms with E-state index in [1.807, 2.05) is 0 Å². The molecule has 0 saturated heterocycles. The standard InChI is InChI=1S/C27H46O/c1-3-5-6-7-22-8-10-23(11-9-22)24-14-18-27(19-15-24)20-26(25(27)28)16-12-21(4-2)13-17-26/h21-24H,3-20H2,1-2H3. The van der Waals surface area contributed by atoms with Gasteiger partial charge in [0.05, 0.1) is 0 Å². The number of carbonyl (C=O) groups is 1. The van der Waals surface area contributed by atoms with Crippen molar-refractivity contribution in [1.29, 1.82) is 0 Å². The van der Waals surface area contributed by atoms with Gasteiger partial charge in [-0.25, -0.2) is 0 Å². The Hall–Kier alpha value is -0.330. The molecule has 0 aromatic rings. The summed E-state index contributed by atoms with van der Waals surface area (Å²) in [6.07, 6.45) is 24.6. The van der Waals surface area contributed by atoms with Gasteiger partial charge in [0, 0.05) is 10.8 Å². The average molecular weight is 387 g/mol. The lowest BCUT2D eigenvalue weighted by molar-refractivity contribution is -0.169. The normalized spacial score (nSPS) is 44.0. The third-order valence-electron chi connectivity index (χ3n) is 10.0. The highest BCUT2D eigenvalue weighted by atomic mass is 16.1. The lowest BCUT2D eigenvalue weighted by atomic mass is 9.43. The molecular formula is C27H46O. The van der Waals surface area contributed by atoms with Crippen LogP contribution in [0.15, 0.2) is 0 Å². The number of hydrogen-bond acceptors (Lipinski definition) is 1. The second-order valence-electron chi connectivity index (χ2n) is 11.5. The Morgan fingerprint density at radius 1 is 0.714 bits per heavy atom. The molecule has 0 heterocycles. The molecule has 0 bridgehead atoms. The van der Waals surface area contributed by atoms with Crippen molar-refractivity contribution in [2.75, 3.05) is 0 Å². The second-order valence-corrected chi connectivity index (χ2v) is 11.5. The Kier molecular flexibility index (Phi) is 6.58. The van der Waals surface area contributed by atoms with E-state index in [4.69, 9.17) is 0 Å². The Balaban J connectivity index is 1.21. The smallest absolute Gasteiger partial charge is 0.145 e. The van der Waals surface area contributed by atoms with Crippen molar-refractivity contribution in [3.8, 4) is 0 Å². The zero-order valence-electron chi connectivity index (χ0n) is 18.9. The third-order valence-corrected chi connectivity index (χ3v) is 10.0. The van der Waals surface area contributed by atoms with Gasteiger partial charge in [-0.1, -0.05) is 58.8 Å². The van der Waals surface area contributed by atoms with Crippen molar-refractivity contribution < 1.29 is 4.79 Å². The highest BCUT2D eigenvalue weighted by molar-refractivity contribution is 5.96. The summed E-state index contributed by atoms with van der Waals surface area (Å²) in [6.45, 7) is 4.64. The third kappa shape index (κ3) is 3.98. The molecule has 0 radical (unpaired) electrons. The molecule has 4 fully saturated rings. The van der Waals surface area contributed by atoms with Crippen molar-refractivity contribution in [2.45, 2.75) is 129 Å². The molecule has 0 atom stereocenters. The molecule has 0 N–H and O–H groups in total. The first-order valence-electron chi connectivity index (χ1n) is 13.2. The van der Waals surface area contributed by atoms with E-state index in [0.717, 1.165) is 29.5 Å². The van der Waals surface area contributed by atoms with Crippen LogP contribution in [0.2, 0.25) is 0 Å². The fourth-order valence-electron chi connectivity index (χ4n) is 8.01. The molecule has 160 valence electrons. The van der Waals surface area contributed by atoms with Gasteiger partial charge in [-0.2, -0.15) is 0 Å². The molecule has 0 aliphatic heterocycles. The van der Waals surface area contributed by atoms with Gasteiger partial charge in [0.1, 0.15) is 5.78 Å². The Morgan fingerprint density at radius 3 is 1.82 bits per heavy atom. The minimum Gasteiger partial charge on any atom is -0.298 e. The Labute approximate surface area is 174 Å². The number of hydrogen-bond donors (Lipinski definition) is 0. The van der Waals surface area contributed by atoms with Crippen LogP contribution in [0.4, 0.5) is 0 Å². The minimum absolute atomic E-state index is 0.146. The van der Waals surface area contributed by atoms with Crippen molar-refractivity contribution in [3.05, 3.63) is 0 Å². The van der Waals surface area contributed by atoms with Crippen LogP contribution in [0.5, 0.6) is 0 Å². The van der Waals surface area contributed by atoms with Crippen LogP contribution in [-0.4, -0.2) is 5.78 Å². The molecule has 4 aliphatic carbocycles. The molecule has 2 spiro atoms.